The number of aryl methyl sites for hydroxylation is 2. The Morgan fingerprint density at radius 2 is 2.28 bits per heavy atom. The van der Waals surface area contributed by atoms with E-state index < -0.39 is 0 Å². The zero-order valence-corrected chi connectivity index (χ0v) is 11.9. The third kappa shape index (κ3) is 2.47. The van der Waals surface area contributed by atoms with Crippen LogP contribution < -0.4 is 10.6 Å². The molecule has 1 fully saturated rings. The molecule has 4 nitrogen and oxygen atoms in total. The van der Waals surface area contributed by atoms with Crippen molar-refractivity contribution in [3.05, 3.63) is 23.0 Å². The fourth-order valence-corrected chi connectivity index (χ4v) is 2.68. The summed E-state index contributed by atoms with van der Waals surface area (Å²) in [5.74, 6) is 0. The van der Waals surface area contributed by atoms with Crippen LogP contribution in [0.3, 0.4) is 0 Å². The van der Waals surface area contributed by atoms with Crippen LogP contribution >= 0.6 is 12.2 Å². The third-order valence-electron chi connectivity index (χ3n) is 3.23. The number of pyridine rings is 1. The van der Waals surface area contributed by atoms with Crippen molar-refractivity contribution in [1.29, 1.82) is 0 Å². The van der Waals surface area contributed by atoms with Gasteiger partial charge < -0.3 is 15.4 Å². The average Bonchev–Trinajstić information content (AvgIpc) is 2.27. The van der Waals surface area contributed by atoms with Gasteiger partial charge in [-0.15, -0.1) is 0 Å². The van der Waals surface area contributed by atoms with E-state index in [0.29, 0.717) is 11.0 Å². The molecule has 1 aliphatic rings. The second kappa shape index (κ2) is 5.20. The van der Waals surface area contributed by atoms with Gasteiger partial charge in [0.05, 0.1) is 24.5 Å². The van der Waals surface area contributed by atoms with Gasteiger partial charge >= 0.3 is 0 Å². The van der Waals surface area contributed by atoms with Gasteiger partial charge in [0.15, 0.2) is 0 Å². The third-order valence-corrected chi connectivity index (χ3v) is 3.44. The summed E-state index contributed by atoms with van der Waals surface area (Å²) in [5, 5.41) is 0. The second-order valence-electron chi connectivity index (χ2n) is 4.72. The molecule has 18 heavy (non-hydrogen) atoms. The molecule has 1 aromatic rings. The first-order valence-electron chi connectivity index (χ1n) is 6.13. The molecule has 1 aromatic heterocycles. The first-order chi connectivity index (χ1) is 8.50. The lowest BCUT2D eigenvalue weighted by molar-refractivity contribution is 0.0989. The molecule has 1 unspecified atom stereocenters. The molecule has 1 saturated heterocycles. The van der Waals surface area contributed by atoms with Gasteiger partial charge in [-0.25, -0.2) is 0 Å². The number of hydrogen-bond acceptors (Lipinski definition) is 4. The van der Waals surface area contributed by atoms with Crippen molar-refractivity contribution >= 4 is 22.9 Å². The molecule has 98 valence electrons. The summed E-state index contributed by atoms with van der Waals surface area (Å²) in [6.45, 7) is 8.42. The minimum Gasteiger partial charge on any atom is -0.389 e. The number of nitrogens with two attached hydrogens (primary N) is 1. The Labute approximate surface area is 113 Å². The molecule has 1 aliphatic heterocycles. The van der Waals surface area contributed by atoms with Crippen molar-refractivity contribution < 1.29 is 4.74 Å². The molecular weight excluding hydrogens is 246 g/mol. The first kappa shape index (κ1) is 13.2. The van der Waals surface area contributed by atoms with Crippen LogP contribution in [0.15, 0.2) is 6.07 Å². The number of ether oxygens (including phenoxy) is 1. The Balaban J connectivity index is 2.50. The van der Waals surface area contributed by atoms with Crippen molar-refractivity contribution in [2.24, 2.45) is 5.73 Å². The molecule has 0 aliphatic carbocycles. The number of nitrogens with zero attached hydrogens (tertiary/aromatic N) is 2. The topological polar surface area (TPSA) is 51.4 Å². The average molecular weight is 265 g/mol. The number of morpholine rings is 1. The summed E-state index contributed by atoms with van der Waals surface area (Å²) in [7, 11) is 0. The Morgan fingerprint density at radius 3 is 2.89 bits per heavy atom. The Morgan fingerprint density at radius 1 is 1.56 bits per heavy atom. The Kier molecular flexibility index (Phi) is 3.82. The summed E-state index contributed by atoms with van der Waals surface area (Å²) in [6, 6.07) is 2.39. The molecule has 2 N–H and O–H groups in total. The van der Waals surface area contributed by atoms with Crippen LogP contribution in [-0.4, -0.2) is 35.8 Å². The van der Waals surface area contributed by atoms with E-state index in [1.165, 1.54) is 0 Å². The molecule has 0 radical (unpaired) electrons. The quantitative estimate of drug-likeness (QED) is 0.822. The van der Waals surface area contributed by atoms with Gasteiger partial charge in [-0.1, -0.05) is 12.2 Å². The van der Waals surface area contributed by atoms with Crippen molar-refractivity contribution in [2.75, 3.05) is 24.7 Å². The summed E-state index contributed by atoms with van der Waals surface area (Å²) in [6.07, 6.45) is 0. The number of thiocarbonyl (C=S) groups is 1. The molecule has 0 spiro atoms. The van der Waals surface area contributed by atoms with Gasteiger partial charge in [-0.3, -0.25) is 4.98 Å². The molecule has 0 amide bonds. The van der Waals surface area contributed by atoms with E-state index in [1.807, 2.05) is 13.8 Å². The zero-order valence-electron chi connectivity index (χ0n) is 11.1. The van der Waals surface area contributed by atoms with Gasteiger partial charge in [0.2, 0.25) is 0 Å². The molecule has 0 saturated carbocycles. The summed E-state index contributed by atoms with van der Waals surface area (Å²) in [5.41, 5.74) is 9.72. The summed E-state index contributed by atoms with van der Waals surface area (Å²) < 4.78 is 5.47. The zero-order chi connectivity index (χ0) is 13.3. The Hall–Kier alpha value is -1.20. The second-order valence-corrected chi connectivity index (χ2v) is 5.16. The van der Waals surface area contributed by atoms with Gasteiger partial charge in [-0.05, 0) is 26.8 Å². The fourth-order valence-electron chi connectivity index (χ4n) is 2.42. The van der Waals surface area contributed by atoms with E-state index in [-0.39, 0.29) is 0 Å². The molecular formula is C13H19N3OS. The van der Waals surface area contributed by atoms with E-state index >= 15 is 0 Å². The largest absolute Gasteiger partial charge is 0.389 e. The fraction of sp³-hybridized carbons (Fsp3) is 0.538. The van der Waals surface area contributed by atoms with Crippen LogP contribution in [0.4, 0.5) is 5.69 Å². The molecule has 5 heteroatoms. The van der Waals surface area contributed by atoms with Gasteiger partial charge in [-0.2, -0.15) is 0 Å². The predicted octanol–water partition coefficient (Wildman–Crippen LogP) is 1.56. The van der Waals surface area contributed by atoms with Gasteiger partial charge in [0.1, 0.15) is 4.99 Å². The van der Waals surface area contributed by atoms with Crippen LogP contribution in [0.5, 0.6) is 0 Å². The molecule has 2 rings (SSSR count). The molecule has 1 atom stereocenters. The monoisotopic (exact) mass is 265 g/mol. The lowest BCUT2D eigenvalue weighted by Gasteiger charge is -2.36. The highest BCUT2D eigenvalue weighted by Crippen LogP contribution is 2.27. The van der Waals surface area contributed by atoms with E-state index in [1.54, 1.807) is 0 Å². The lowest BCUT2D eigenvalue weighted by atomic mass is 10.1. The predicted molar refractivity (Wildman–Crippen MR) is 77.2 cm³/mol. The van der Waals surface area contributed by atoms with E-state index in [9.17, 15) is 0 Å². The van der Waals surface area contributed by atoms with Crippen LogP contribution in [0.25, 0.3) is 0 Å². The number of anilines is 1. The van der Waals surface area contributed by atoms with Crippen LogP contribution in [0.1, 0.15) is 23.9 Å². The van der Waals surface area contributed by atoms with Crippen molar-refractivity contribution in [3.63, 3.8) is 0 Å². The van der Waals surface area contributed by atoms with Crippen molar-refractivity contribution in [3.8, 4) is 0 Å². The first-order valence-corrected chi connectivity index (χ1v) is 6.54. The smallest absolute Gasteiger partial charge is 0.107 e. The number of aromatic nitrogens is 1. The minimum absolute atomic E-state index is 0.327. The van der Waals surface area contributed by atoms with Crippen molar-refractivity contribution in [1.82, 2.24) is 4.98 Å². The molecule has 0 bridgehead atoms. The van der Waals surface area contributed by atoms with Gasteiger partial charge in [0, 0.05) is 24.0 Å². The number of rotatable bonds is 2. The van der Waals surface area contributed by atoms with Crippen LogP contribution in [0.2, 0.25) is 0 Å². The maximum Gasteiger partial charge on any atom is 0.107 e. The maximum atomic E-state index is 5.85. The highest BCUT2D eigenvalue weighted by atomic mass is 32.1. The maximum absolute atomic E-state index is 5.85. The van der Waals surface area contributed by atoms with Gasteiger partial charge in [0.25, 0.3) is 0 Å². The Bertz CT molecular complexity index is 476. The molecule has 2 heterocycles. The minimum atomic E-state index is 0.327. The number of hydrogen-bond donors (Lipinski definition) is 1. The SMILES string of the molecule is Cc1cc(N2CCOCC2C)c(C(N)=S)c(C)n1. The van der Waals surface area contributed by atoms with E-state index in [4.69, 9.17) is 22.7 Å². The van der Waals surface area contributed by atoms with E-state index in [2.05, 4.69) is 22.9 Å². The van der Waals surface area contributed by atoms with Crippen molar-refractivity contribution in [2.45, 2.75) is 26.8 Å². The van der Waals surface area contributed by atoms with E-state index in [0.717, 1.165) is 42.4 Å². The molecule has 0 aromatic carbocycles. The normalized spacial score (nSPS) is 19.9. The highest BCUT2D eigenvalue weighted by Gasteiger charge is 2.23. The lowest BCUT2D eigenvalue weighted by Crippen LogP contribution is -2.44. The van der Waals surface area contributed by atoms with Crippen LogP contribution in [0, 0.1) is 13.8 Å². The summed E-state index contributed by atoms with van der Waals surface area (Å²) >= 11 is 5.17. The standard InChI is InChI=1S/C13H19N3OS/c1-8-6-11(12(13(14)18)10(3)15-8)16-4-5-17-7-9(16)2/h6,9H,4-5,7H2,1-3H3,(H2,14,18). The van der Waals surface area contributed by atoms with Crippen LogP contribution in [-0.2, 0) is 4.74 Å². The summed E-state index contributed by atoms with van der Waals surface area (Å²) in [4.78, 5) is 7.17. The highest BCUT2D eigenvalue weighted by molar-refractivity contribution is 7.80.